The summed E-state index contributed by atoms with van der Waals surface area (Å²) < 4.78 is 6.46. The van der Waals surface area contributed by atoms with E-state index in [1.807, 2.05) is 12.4 Å². The zero-order chi connectivity index (χ0) is 14.7. The summed E-state index contributed by atoms with van der Waals surface area (Å²) in [6.45, 7) is 6.69. The van der Waals surface area contributed by atoms with Crippen LogP contribution in [-0.4, -0.2) is 66.8 Å². The highest BCUT2D eigenvalue weighted by atomic mass is 79.9. The SMILES string of the molecule is NCC(c1cncc(Br)c1)N1CCC(N2CCOCC2)C1. The molecule has 6 heteroatoms. The van der Waals surface area contributed by atoms with Gasteiger partial charge in [0.25, 0.3) is 0 Å². The molecule has 0 aromatic carbocycles. The minimum atomic E-state index is 0.265. The number of aromatic nitrogens is 1. The van der Waals surface area contributed by atoms with Crippen LogP contribution in [0.5, 0.6) is 0 Å². The quantitative estimate of drug-likeness (QED) is 0.881. The molecule has 2 N–H and O–H groups in total. The first kappa shape index (κ1) is 15.4. The van der Waals surface area contributed by atoms with Crippen molar-refractivity contribution in [2.45, 2.75) is 18.5 Å². The van der Waals surface area contributed by atoms with Crippen LogP contribution in [0.25, 0.3) is 0 Å². The maximum Gasteiger partial charge on any atom is 0.0594 e. The average molecular weight is 355 g/mol. The molecular weight excluding hydrogens is 332 g/mol. The Morgan fingerprint density at radius 2 is 2.14 bits per heavy atom. The lowest BCUT2D eigenvalue weighted by atomic mass is 10.1. The van der Waals surface area contributed by atoms with E-state index in [2.05, 4.69) is 36.8 Å². The molecule has 2 fully saturated rings. The smallest absolute Gasteiger partial charge is 0.0594 e. The highest BCUT2D eigenvalue weighted by Gasteiger charge is 2.32. The van der Waals surface area contributed by atoms with E-state index >= 15 is 0 Å². The Hall–Kier alpha value is -0.530. The summed E-state index contributed by atoms with van der Waals surface area (Å²) in [5.41, 5.74) is 7.24. The van der Waals surface area contributed by atoms with Gasteiger partial charge in [0.1, 0.15) is 0 Å². The molecule has 2 aliphatic rings. The van der Waals surface area contributed by atoms with E-state index in [0.717, 1.165) is 43.9 Å². The number of morpholine rings is 1. The van der Waals surface area contributed by atoms with Crippen LogP contribution in [0.2, 0.25) is 0 Å². The molecule has 3 heterocycles. The molecule has 0 radical (unpaired) electrons. The average Bonchev–Trinajstić information content (AvgIpc) is 2.99. The van der Waals surface area contributed by atoms with E-state index in [0.29, 0.717) is 12.6 Å². The van der Waals surface area contributed by atoms with Crippen molar-refractivity contribution in [3.05, 3.63) is 28.5 Å². The van der Waals surface area contributed by atoms with Gasteiger partial charge in [0.2, 0.25) is 0 Å². The first-order valence-electron chi connectivity index (χ1n) is 7.64. The summed E-state index contributed by atoms with van der Waals surface area (Å²) in [5, 5.41) is 0. The second-order valence-electron chi connectivity index (χ2n) is 5.77. The summed E-state index contributed by atoms with van der Waals surface area (Å²) in [5.74, 6) is 0. The van der Waals surface area contributed by atoms with Crippen LogP contribution < -0.4 is 5.73 Å². The topological polar surface area (TPSA) is 54.6 Å². The predicted molar refractivity (Wildman–Crippen MR) is 86.1 cm³/mol. The van der Waals surface area contributed by atoms with Gasteiger partial charge >= 0.3 is 0 Å². The van der Waals surface area contributed by atoms with Gasteiger partial charge in [-0.05, 0) is 34.0 Å². The number of rotatable bonds is 4. The molecule has 116 valence electrons. The lowest BCUT2D eigenvalue weighted by molar-refractivity contribution is 0.0176. The first-order chi connectivity index (χ1) is 10.3. The minimum Gasteiger partial charge on any atom is -0.379 e. The van der Waals surface area contributed by atoms with Crippen LogP contribution in [0, 0.1) is 0 Å². The summed E-state index contributed by atoms with van der Waals surface area (Å²) in [6.07, 6.45) is 4.97. The van der Waals surface area contributed by atoms with Crippen LogP contribution >= 0.6 is 15.9 Å². The van der Waals surface area contributed by atoms with Crippen molar-refractivity contribution in [2.75, 3.05) is 45.9 Å². The van der Waals surface area contributed by atoms with Gasteiger partial charge in [-0.2, -0.15) is 0 Å². The zero-order valence-corrected chi connectivity index (χ0v) is 13.8. The van der Waals surface area contributed by atoms with E-state index in [9.17, 15) is 0 Å². The fourth-order valence-electron chi connectivity index (χ4n) is 3.40. The van der Waals surface area contributed by atoms with Crippen LogP contribution in [0.15, 0.2) is 22.9 Å². The molecule has 0 aliphatic carbocycles. The predicted octanol–water partition coefficient (Wildman–Crippen LogP) is 1.25. The number of pyridine rings is 1. The molecule has 3 rings (SSSR count). The number of likely N-dealkylation sites (tertiary alicyclic amines) is 1. The lowest BCUT2D eigenvalue weighted by Gasteiger charge is -2.33. The minimum absolute atomic E-state index is 0.265. The molecule has 1 aromatic rings. The maximum absolute atomic E-state index is 6.04. The van der Waals surface area contributed by atoms with Gasteiger partial charge in [-0.15, -0.1) is 0 Å². The third kappa shape index (κ3) is 3.63. The molecule has 2 unspecified atom stereocenters. The molecule has 0 spiro atoms. The molecule has 5 nitrogen and oxygen atoms in total. The summed E-state index contributed by atoms with van der Waals surface area (Å²) in [7, 11) is 0. The molecule has 2 saturated heterocycles. The number of nitrogens with zero attached hydrogens (tertiary/aromatic N) is 3. The second-order valence-corrected chi connectivity index (χ2v) is 6.69. The number of nitrogens with two attached hydrogens (primary N) is 1. The van der Waals surface area contributed by atoms with Crippen molar-refractivity contribution in [3.63, 3.8) is 0 Å². The Labute approximate surface area is 134 Å². The van der Waals surface area contributed by atoms with Crippen LogP contribution in [0.4, 0.5) is 0 Å². The maximum atomic E-state index is 6.04. The van der Waals surface area contributed by atoms with Crippen molar-refractivity contribution in [3.8, 4) is 0 Å². The first-order valence-corrected chi connectivity index (χ1v) is 8.43. The largest absolute Gasteiger partial charge is 0.379 e. The summed E-state index contributed by atoms with van der Waals surface area (Å²) >= 11 is 3.50. The summed E-state index contributed by atoms with van der Waals surface area (Å²) in [4.78, 5) is 9.35. The van der Waals surface area contributed by atoms with Crippen molar-refractivity contribution >= 4 is 15.9 Å². The number of ether oxygens (including phenoxy) is 1. The second kappa shape index (κ2) is 7.15. The van der Waals surface area contributed by atoms with Crippen LogP contribution in [-0.2, 0) is 4.74 Å². The van der Waals surface area contributed by atoms with E-state index < -0.39 is 0 Å². The van der Waals surface area contributed by atoms with Gasteiger partial charge in [-0.3, -0.25) is 14.8 Å². The Balaban J connectivity index is 1.65. The van der Waals surface area contributed by atoms with Crippen LogP contribution in [0.1, 0.15) is 18.0 Å². The van der Waals surface area contributed by atoms with Crippen LogP contribution in [0.3, 0.4) is 0 Å². The molecule has 1 aromatic heterocycles. The van der Waals surface area contributed by atoms with Gasteiger partial charge in [-0.1, -0.05) is 0 Å². The van der Waals surface area contributed by atoms with Gasteiger partial charge in [0.05, 0.1) is 13.2 Å². The van der Waals surface area contributed by atoms with E-state index in [-0.39, 0.29) is 6.04 Å². The van der Waals surface area contributed by atoms with Gasteiger partial charge in [0, 0.05) is 61.7 Å². The van der Waals surface area contributed by atoms with Crippen molar-refractivity contribution in [1.82, 2.24) is 14.8 Å². The van der Waals surface area contributed by atoms with Gasteiger partial charge in [0.15, 0.2) is 0 Å². The lowest BCUT2D eigenvalue weighted by Crippen LogP contribution is -2.45. The Bertz CT molecular complexity index is 467. The normalized spacial score (nSPS) is 26.1. The third-order valence-corrected chi connectivity index (χ3v) is 4.97. The van der Waals surface area contributed by atoms with E-state index in [4.69, 9.17) is 10.5 Å². The fourth-order valence-corrected chi connectivity index (χ4v) is 3.78. The van der Waals surface area contributed by atoms with Gasteiger partial charge in [-0.25, -0.2) is 0 Å². The Morgan fingerprint density at radius 3 is 2.86 bits per heavy atom. The van der Waals surface area contributed by atoms with Gasteiger partial charge < -0.3 is 10.5 Å². The molecule has 0 bridgehead atoms. The molecule has 0 saturated carbocycles. The van der Waals surface area contributed by atoms with Crippen molar-refractivity contribution in [2.24, 2.45) is 5.73 Å². The molecular formula is C15H23BrN4O. The van der Waals surface area contributed by atoms with E-state index in [1.165, 1.54) is 12.0 Å². The number of hydrogen-bond donors (Lipinski definition) is 1. The standard InChI is InChI=1S/C15H23BrN4O/c16-13-7-12(9-18-10-13)15(8-17)20-2-1-14(11-20)19-3-5-21-6-4-19/h7,9-10,14-15H,1-6,8,11,17H2. The molecule has 21 heavy (non-hydrogen) atoms. The highest BCUT2D eigenvalue weighted by Crippen LogP contribution is 2.27. The number of halogens is 1. The van der Waals surface area contributed by atoms with Crippen molar-refractivity contribution in [1.29, 1.82) is 0 Å². The monoisotopic (exact) mass is 354 g/mol. The summed E-state index contributed by atoms with van der Waals surface area (Å²) in [6, 6.07) is 3.04. The molecule has 2 aliphatic heterocycles. The van der Waals surface area contributed by atoms with E-state index in [1.54, 1.807) is 0 Å². The molecule has 2 atom stereocenters. The Kier molecular flexibility index (Phi) is 5.24. The third-order valence-electron chi connectivity index (χ3n) is 4.53. The van der Waals surface area contributed by atoms with Crippen molar-refractivity contribution < 1.29 is 4.74 Å². The fraction of sp³-hybridized carbons (Fsp3) is 0.667. The zero-order valence-electron chi connectivity index (χ0n) is 12.2. The molecule has 0 amide bonds. The Morgan fingerprint density at radius 1 is 1.33 bits per heavy atom. The highest BCUT2D eigenvalue weighted by molar-refractivity contribution is 9.10. The number of hydrogen-bond acceptors (Lipinski definition) is 5.